The van der Waals surface area contributed by atoms with Gasteiger partial charge in [-0.2, -0.15) is 0 Å². The Kier molecular flexibility index (Phi) is 4.99. The van der Waals surface area contributed by atoms with E-state index in [1.807, 2.05) is 65.8 Å². The zero-order chi connectivity index (χ0) is 19.0. The van der Waals surface area contributed by atoms with Crippen molar-refractivity contribution in [2.24, 2.45) is 10.8 Å². The van der Waals surface area contributed by atoms with Crippen molar-refractivity contribution in [1.82, 2.24) is 0 Å². The van der Waals surface area contributed by atoms with Gasteiger partial charge in [0, 0.05) is 11.1 Å². The van der Waals surface area contributed by atoms with Crippen molar-refractivity contribution in [3.05, 3.63) is 53.1 Å². The molecule has 0 aromatic heterocycles. The number of hydrogen-bond acceptors (Lipinski definition) is 4. The van der Waals surface area contributed by atoms with Crippen molar-refractivity contribution in [2.45, 2.75) is 47.1 Å². The lowest BCUT2D eigenvalue weighted by atomic mass is 9.68. The summed E-state index contributed by atoms with van der Waals surface area (Å²) in [5, 5.41) is 9.84. The molecule has 0 fully saturated rings. The zero-order valence-corrected chi connectivity index (χ0v) is 16.1. The number of ketones is 1. The van der Waals surface area contributed by atoms with Crippen LogP contribution in [0.1, 0.15) is 47.1 Å². The Hall–Kier alpha value is -1.91. The Morgan fingerprint density at radius 2 is 1.32 bits per heavy atom. The molecule has 0 bridgehead atoms. The molecule has 1 aliphatic carbocycles. The first-order valence-electron chi connectivity index (χ1n) is 8.43. The van der Waals surface area contributed by atoms with Gasteiger partial charge in [-0.05, 0) is 40.7 Å². The number of carbonyl (C=O) groups excluding carboxylic acids is 1. The molecule has 4 heteroatoms. The van der Waals surface area contributed by atoms with Gasteiger partial charge in [0.2, 0.25) is 0 Å². The van der Waals surface area contributed by atoms with Crippen molar-refractivity contribution in [2.75, 3.05) is 7.11 Å². The highest BCUT2D eigenvalue weighted by atomic mass is 17.1. The molecule has 0 atom stereocenters. The lowest BCUT2D eigenvalue weighted by molar-refractivity contribution is -0.298. The first-order valence-corrected chi connectivity index (χ1v) is 8.43. The van der Waals surface area contributed by atoms with Crippen LogP contribution in [0.4, 0.5) is 0 Å². The molecular weight excluding hydrogens is 316 g/mol. The van der Waals surface area contributed by atoms with E-state index in [9.17, 15) is 10.1 Å². The van der Waals surface area contributed by atoms with Crippen LogP contribution in [0.15, 0.2) is 47.6 Å². The summed E-state index contributed by atoms with van der Waals surface area (Å²) in [6, 6.07) is 7.28. The van der Waals surface area contributed by atoms with E-state index >= 15 is 0 Å². The summed E-state index contributed by atoms with van der Waals surface area (Å²) in [4.78, 5) is 18.1. The highest BCUT2D eigenvalue weighted by Gasteiger charge is 2.43. The van der Waals surface area contributed by atoms with Crippen LogP contribution in [0.2, 0.25) is 0 Å². The molecule has 0 amide bonds. The Bertz CT molecular complexity index is 676. The van der Waals surface area contributed by atoms with Gasteiger partial charge in [0.05, 0.1) is 7.11 Å². The summed E-state index contributed by atoms with van der Waals surface area (Å²) in [5.41, 5.74) is 0.0306. The molecule has 4 nitrogen and oxygen atoms in total. The molecule has 1 aromatic carbocycles. The lowest BCUT2D eigenvalue weighted by Crippen LogP contribution is -2.36. The van der Waals surface area contributed by atoms with Crippen LogP contribution >= 0.6 is 0 Å². The number of rotatable bonds is 3. The number of allylic oxidation sites excluding steroid dienone is 2. The van der Waals surface area contributed by atoms with Crippen LogP contribution in [0, 0.1) is 10.8 Å². The van der Waals surface area contributed by atoms with Gasteiger partial charge >= 0.3 is 0 Å². The van der Waals surface area contributed by atoms with Crippen LogP contribution in [-0.2, 0) is 15.3 Å². The molecule has 1 N–H and O–H groups in total. The maximum atomic E-state index is 13.1. The summed E-state index contributed by atoms with van der Waals surface area (Å²) in [7, 11) is 1.60. The van der Waals surface area contributed by atoms with E-state index < -0.39 is 5.60 Å². The predicted molar refractivity (Wildman–Crippen MR) is 98.5 cm³/mol. The minimum absolute atomic E-state index is 0.00110. The number of methoxy groups -OCH3 is 1. The molecular formula is C21H28O4. The van der Waals surface area contributed by atoms with Crippen molar-refractivity contribution in [3.63, 3.8) is 0 Å². The molecule has 1 aromatic rings. The molecule has 0 unspecified atom stereocenters. The van der Waals surface area contributed by atoms with E-state index in [2.05, 4.69) is 0 Å². The second-order valence-electron chi connectivity index (χ2n) is 8.56. The molecule has 25 heavy (non-hydrogen) atoms. The molecule has 0 heterocycles. The third-order valence-corrected chi connectivity index (χ3v) is 4.52. The zero-order valence-electron chi connectivity index (χ0n) is 16.1. The fourth-order valence-electron chi connectivity index (χ4n) is 2.98. The Morgan fingerprint density at radius 3 is 1.64 bits per heavy atom. The normalized spacial score (nSPS) is 17.8. The largest absolute Gasteiger partial charge is 0.497 e. The van der Waals surface area contributed by atoms with Crippen LogP contribution in [0.5, 0.6) is 5.75 Å². The highest BCUT2D eigenvalue weighted by Crippen LogP contribution is 2.44. The van der Waals surface area contributed by atoms with Crippen molar-refractivity contribution < 1.29 is 19.7 Å². The SMILES string of the molecule is COc1ccc(C2(OO)C=C(C(C)(C)C)C(=O)C(C(C)(C)C)=C2)cc1. The van der Waals surface area contributed by atoms with Gasteiger partial charge in [0.15, 0.2) is 11.4 Å². The van der Waals surface area contributed by atoms with E-state index in [-0.39, 0.29) is 16.6 Å². The number of carbonyl (C=O) groups is 1. The number of ether oxygens (including phenoxy) is 1. The molecule has 136 valence electrons. The molecule has 0 saturated carbocycles. The maximum absolute atomic E-state index is 13.1. The summed E-state index contributed by atoms with van der Waals surface area (Å²) in [6.45, 7) is 11.9. The summed E-state index contributed by atoms with van der Waals surface area (Å²) in [6.07, 6.45) is 3.46. The summed E-state index contributed by atoms with van der Waals surface area (Å²) < 4.78 is 5.20. The van der Waals surface area contributed by atoms with Crippen molar-refractivity contribution in [3.8, 4) is 5.75 Å². The van der Waals surface area contributed by atoms with Gasteiger partial charge in [0.1, 0.15) is 5.75 Å². The van der Waals surface area contributed by atoms with Gasteiger partial charge in [-0.1, -0.05) is 53.7 Å². The summed E-state index contributed by atoms with van der Waals surface area (Å²) in [5.74, 6) is 0.713. The van der Waals surface area contributed by atoms with Gasteiger partial charge < -0.3 is 4.74 Å². The monoisotopic (exact) mass is 344 g/mol. The quantitative estimate of drug-likeness (QED) is 0.625. The smallest absolute Gasteiger partial charge is 0.185 e. The lowest BCUT2D eigenvalue weighted by Gasteiger charge is -2.37. The van der Waals surface area contributed by atoms with Gasteiger partial charge in [-0.15, -0.1) is 0 Å². The topological polar surface area (TPSA) is 55.8 Å². The first-order chi connectivity index (χ1) is 11.4. The number of benzene rings is 1. The van der Waals surface area contributed by atoms with Gasteiger partial charge in [-0.3, -0.25) is 10.1 Å². The van der Waals surface area contributed by atoms with Crippen LogP contribution in [0.3, 0.4) is 0 Å². The van der Waals surface area contributed by atoms with Crippen LogP contribution < -0.4 is 4.74 Å². The van der Waals surface area contributed by atoms with E-state index in [1.165, 1.54) is 0 Å². The maximum Gasteiger partial charge on any atom is 0.185 e. The third kappa shape index (κ3) is 3.70. The molecule has 0 spiro atoms. The van der Waals surface area contributed by atoms with E-state index in [4.69, 9.17) is 9.62 Å². The van der Waals surface area contributed by atoms with Gasteiger partial charge in [0.25, 0.3) is 0 Å². The molecule has 0 aliphatic heterocycles. The second kappa shape index (κ2) is 6.43. The average Bonchev–Trinajstić information content (AvgIpc) is 2.53. The average molecular weight is 344 g/mol. The van der Waals surface area contributed by atoms with Crippen molar-refractivity contribution in [1.29, 1.82) is 0 Å². The summed E-state index contributed by atoms with van der Waals surface area (Å²) >= 11 is 0. The first kappa shape index (κ1) is 19.4. The minimum atomic E-state index is -1.20. The predicted octanol–water partition coefficient (Wildman–Crippen LogP) is 4.91. The van der Waals surface area contributed by atoms with E-state index in [0.29, 0.717) is 16.9 Å². The molecule has 2 rings (SSSR count). The van der Waals surface area contributed by atoms with E-state index in [0.717, 1.165) is 5.56 Å². The Labute approximate surface area is 150 Å². The minimum Gasteiger partial charge on any atom is -0.497 e. The van der Waals surface area contributed by atoms with Crippen LogP contribution in [0.25, 0.3) is 0 Å². The van der Waals surface area contributed by atoms with Gasteiger partial charge in [-0.25, -0.2) is 4.89 Å². The molecule has 1 aliphatic rings. The fourth-order valence-corrected chi connectivity index (χ4v) is 2.98. The molecule has 0 saturated heterocycles. The van der Waals surface area contributed by atoms with Crippen LogP contribution in [-0.4, -0.2) is 18.2 Å². The van der Waals surface area contributed by atoms with E-state index in [1.54, 1.807) is 19.3 Å². The highest BCUT2D eigenvalue weighted by molar-refractivity contribution is 6.11. The standard InChI is InChI=1S/C21H28O4/c1-19(2,3)16-12-21(25-23,13-17(18(16)22)20(4,5)6)14-8-10-15(24-7)11-9-14/h8-13,23H,1-7H3. The number of Topliss-reactive ketones (excluding diaryl/α,β-unsaturated/α-hetero) is 1. The van der Waals surface area contributed by atoms with Crippen molar-refractivity contribution >= 4 is 5.78 Å². The molecule has 0 radical (unpaired) electrons. The fraction of sp³-hybridized carbons (Fsp3) is 0.476. The Balaban J connectivity index is 2.72. The Morgan fingerprint density at radius 1 is 0.880 bits per heavy atom. The second-order valence-corrected chi connectivity index (χ2v) is 8.56. The number of hydrogen-bond donors (Lipinski definition) is 1. The third-order valence-electron chi connectivity index (χ3n) is 4.52.